The number of nitrogens with zero attached hydrogens (tertiary/aromatic N) is 1. The zero-order chi connectivity index (χ0) is 13.0. The van der Waals surface area contributed by atoms with E-state index in [1.165, 1.54) is 12.8 Å². The first kappa shape index (κ1) is 12.9. The molecule has 2 rings (SSSR count). The van der Waals surface area contributed by atoms with E-state index in [0.717, 1.165) is 5.56 Å². The van der Waals surface area contributed by atoms with Gasteiger partial charge in [-0.1, -0.05) is 30.3 Å². The Balaban J connectivity index is 2.06. The van der Waals surface area contributed by atoms with Crippen molar-refractivity contribution >= 4 is 6.09 Å². The van der Waals surface area contributed by atoms with Crippen molar-refractivity contribution in [3.05, 3.63) is 35.9 Å². The van der Waals surface area contributed by atoms with Crippen LogP contribution < -0.4 is 0 Å². The summed E-state index contributed by atoms with van der Waals surface area (Å²) in [5.41, 5.74) is 1.15. The fourth-order valence-corrected chi connectivity index (χ4v) is 2.19. The van der Waals surface area contributed by atoms with E-state index in [-0.39, 0.29) is 12.1 Å². The van der Waals surface area contributed by atoms with Gasteiger partial charge in [-0.2, -0.15) is 0 Å². The summed E-state index contributed by atoms with van der Waals surface area (Å²) in [5, 5.41) is 0. The van der Waals surface area contributed by atoms with Crippen LogP contribution in [0, 0.1) is 5.92 Å². The van der Waals surface area contributed by atoms with Gasteiger partial charge < -0.3 is 9.64 Å². The largest absolute Gasteiger partial charge is 0.450 e. The fourth-order valence-electron chi connectivity index (χ4n) is 2.19. The average Bonchev–Trinajstić information content (AvgIpc) is 3.21. The first-order valence-corrected chi connectivity index (χ1v) is 6.69. The summed E-state index contributed by atoms with van der Waals surface area (Å²) in [6.07, 6.45) is 2.26. The van der Waals surface area contributed by atoms with E-state index in [9.17, 15) is 4.79 Å². The molecule has 1 amide bonds. The van der Waals surface area contributed by atoms with E-state index in [4.69, 9.17) is 4.74 Å². The lowest BCUT2D eigenvalue weighted by Gasteiger charge is -2.28. The number of hydrogen-bond donors (Lipinski definition) is 0. The molecule has 1 saturated carbocycles. The van der Waals surface area contributed by atoms with E-state index in [2.05, 4.69) is 6.92 Å². The van der Waals surface area contributed by atoms with Crippen molar-refractivity contribution in [2.75, 3.05) is 6.61 Å². The molecule has 1 aromatic carbocycles. The van der Waals surface area contributed by atoms with Crippen molar-refractivity contribution < 1.29 is 9.53 Å². The molecule has 18 heavy (non-hydrogen) atoms. The van der Waals surface area contributed by atoms with Crippen molar-refractivity contribution in [1.29, 1.82) is 0 Å². The summed E-state index contributed by atoms with van der Waals surface area (Å²) >= 11 is 0. The standard InChI is InChI=1S/C15H21NO2/c1-3-18-15(17)16(12(2)14-9-10-14)11-13-7-5-4-6-8-13/h4-8,12,14H,3,9-11H2,1-2H3. The minimum absolute atomic E-state index is 0.194. The van der Waals surface area contributed by atoms with Gasteiger partial charge in [-0.3, -0.25) is 0 Å². The molecule has 0 spiro atoms. The molecule has 1 aromatic rings. The molecule has 3 heteroatoms. The van der Waals surface area contributed by atoms with Gasteiger partial charge in [0.2, 0.25) is 0 Å². The zero-order valence-corrected chi connectivity index (χ0v) is 11.1. The number of carbonyl (C=O) groups excluding carboxylic acids is 1. The van der Waals surface area contributed by atoms with Crippen LogP contribution in [0.4, 0.5) is 4.79 Å². The molecule has 1 unspecified atom stereocenters. The summed E-state index contributed by atoms with van der Waals surface area (Å²) in [6.45, 7) is 5.04. The quantitative estimate of drug-likeness (QED) is 0.797. The summed E-state index contributed by atoms with van der Waals surface area (Å²) in [5.74, 6) is 0.651. The smallest absolute Gasteiger partial charge is 0.410 e. The van der Waals surface area contributed by atoms with Gasteiger partial charge in [0.25, 0.3) is 0 Å². The highest BCUT2D eigenvalue weighted by molar-refractivity contribution is 5.68. The third kappa shape index (κ3) is 3.25. The molecule has 1 aliphatic carbocycles. The van der Waals surface area contributed by atoms with Gasteiger partial charge >= 0.3 is 6.09 Å². The van der Waals surface area contributed by atoms with E-state index in [0.29, 0.717) is 19.1 Å². The Morgan fingerprint density at radius 1 is 1.39 bits per heavy atom. The molecule has 3 nitrogen and oxygen atoms in total. The Morgan fingerprint density at radius 2 is 2.06 bits per heavy atom. The molecule has 98 valence electrons. The maximum Gasteiger partial charge on any atom is 0.410 e. The third-order valence-electron chi connectivity index (χ3n) is 3.49. The summed E-state index contributed by atoms with van der Waals surface area (Å²) < 4.78 is 5.16. The Morgan fingerprint density at radius 3 is 2.61 bits per heavy atom. The van der Waals surface area contributed by atoms with Gasteiger partial charge in [-0.25, -0.2) is 4.79 Å². The van der Waals surface area contributed by atoms with Crippen molar-refractivity contribution in [3.63, 3.8) is 0 Å². The maximum atomic E-state index is 12.0. The van der Waals surface area contributed by atoms with Crippen LogP contribution in [0.2, 0.25) is 0 Å². The lowest BCUT2D eigenvalue weighted by molar-refractivity contribution is 0.0854. The molecule has 1 atom stereocenters. The molecule has 0 aliphatic heterocycles. The number of ether oxygens (including phenoxy) is 1. The average molecular weight is 247 g/mol. The van der Waals surface area contributed by atoms with Gasteiger partial charge in [0.1, 0.15) is 0 Å². The van der Waals surface area contributed by atoms with E-state index in [1.807, 2.05) is 42.2 Å². The predicted octanol–water partition coefficient (Wildman–Crippen LogP) is 3.44. The molecule has 0 radical (unpaired) electrons. The van der Waals surface area contributed by atoms with Crippen LogP contribution in [-0.2, 0) is 11.3 Å². The fraction of sp³-hybridized carbons (Fsp3) is 0.533. The summed E-state index contributed by atoms with van der Waals surface area (Å²) in [4.78, 5) is 13.9. The van der Waals surface area contributed by atoms with Crippen LogP contribution >= 0.6 is 0 Å². The molecule has 0 N–H and O–H groups in total. The number of carbonyl (C=O) groups is 1. The molecular formula is C15H21NO2. The number of rotatable bonds is 5. The van der Waals surface area contributed by atoms with Crippen molar-refractivity contribution in [1.82, 2.24) is 4.90 Å². The van der Waals surface area contributed by atoms with Crippen LogP contribution in [0.15, 0.2) is 30.3 Å². The number of amides is 1. The second-order valence-electron chi connectivity index (χ2n) is 4.89. The van der Waals surface area contributed by atoms with Crippen LogP contribution in [-0.4, -0.2) is 23.6 Å². The van der Waals surface area contributed by atoms with Crippen LogP contribution in [0.25, 0.3) is 0 Å². The predicted molar refractivity (Wildman–Crippen MR) is 71.2 cm³/mol. The normalized spacial score (nSPS) is 16.1. The Kier molecular flexibility index (Phi) is 4.24. The topological polar surface area (TPSA) is 29.5 Å². The molecular weight excluding hydrogens is 226 g/mol. The minimum Gasteiger partial charge on any atom is -0.450 e. The second kappa shape index (κ2) is 5.89. The van der Waals surface area contributed by atoms with Crippen LogP contribution in [0.1, 0.15) is 32.3 Å². The first-order valence-electron chi connectivity index (χ1n) is 6.69. The van der Waals surface area contributed by atoms with Gasteiger partial charge in [-0.05, 0) is 38.2 Å². The molecule has 0 bridgehead atoms. The number of benzene rings is 1. The summed E-state index contributed by atoms with van der Waals surface area (Å²) in [6, 6.07) is 10.4. The summed E-state index contributed by atoms with van der Waals surface area (Å²) in [7, 11) is 0. The Bertz CT molecular complexity index is 387. The molecule has 0 aromatic heterocycles. The van der Waals surface area contributed by atoms with Crippen LogP contribution in [0.3, 0.4) is 0 Å². The molecule has 1 fully saturated rings. The zero-order valence-electron chi connectivity index (χ0n) is 11.1. The monoisotopic (exact) mass is 247 g/mol. The van der Waals surface area contributed by atoms with E-state index in [1.54, 1.807) is 0 Å². The van der Waals surface area contributed by atoms with Crippen molar-refractivity contribution in [3.8, 4) is 0 Å². The van der Waals surface area contributed by atoms with E-state index >= 15 is 0 Å². The third-order valence-corrected chi connectivity index (χ3v) is 3.49. The Hall–Kier alpha value is -1.51. The van der Waals surface area contributed by atoms with Gasteiger partial charge in [0.05, 0.1) is 6.61 Å². The molecule has 0 heterocycles. The van der Waals surface area contributed by atoms with Gasteiger partial charge in [0, 0.05) is 12.6 Å². The number of hydrogen-bond acceptors (Lipinski definition) is 2. The highest BCUT2D eigenvalue weighted by atomic mass is 16.6. The van der Waals surface area contributed by atoms with Crippen LogP contribution in [0.5, 0.6) is 0 Å². The first-order chi connectivity index (χ1) is 8.72. The SMILES string of the molecule is CCOC(=O)N(Cc1ccccc1)C(C)C1CC1. The maximum absolute atomic E-state index is 12.0. The molecule has 1 aliphatic rings. The highest BCUT2D eigenvalue weighted by Gasteiger charge is 2.34. The second-order valence-corrected chi connectivity index (χ2v) is 4.89. The van der Waals surface area contributed by atoms with Crippen molar-refractivity contribution in [2.24, 2.45) is 5.92 Å². The highest BCUT2D eigenvalue weighted by Crippen LogP contribution is 2.35. The lowest BCUT2D eigenvalue weighted by Crippen LogP contribution is -2.39. The lowest BCUT2D eigenvalue weighted by atomic mass is 10.1. The van der Waals surface area contributed by atoms with Crippen molar-refractivity contribution in [2.45, 2.75) is 39.3 Å². The minimum atomic E-state index is -0.194. The van der Waals surface area contributed by atoms with Gasteiger partial charge in [0.15, 0.2) is 0 Å². The van der Waals surface area contributed by atoms with E-state index < -0.39 is 0 Å². The molecule has 0 saturated heterocycles. The van der Waals surface area contributed by atoms with Gasteiger partial charge in [-0.15, -0.1) is 0 Å². The Labute approximate surface area is 109 Å².